The maximum absolute atomic E-state index is 9.48. The molecule has 0 aromatic carbocycles. The van der Waals surface area contributed by atoms with Crippen LogP contribution in [0, 0.1) is 5.92 Å². The molecule has 3 atom stereocenters. The predicted molar refractivity (Wildman–Crippen MR) is 53.8 cm³/mol. The van der Waals surface area contributed by atoms with Crippen LogP contribution >= 0.6 is 0 Å². The van der Waals surface area contributed by atoms with Crippen molar-refractivity contribution in [1.29, 1.82) is 0 Å². The Bertz CT molecular complexity index is 153. The summed E-state index contributed by atoms with van der Waals surface area (Å²) < 4.78 is 0. The molecule has 0 saturated carbocycles. The van der Waals surface area contributed by atoms with Crippen molar-refractivity contribution in [2.75, 3.05) is 6.61 Å². The van der Waals surface area contributed by atoms with E-state index in [1.165, 1.54) is 13.8 Å². The zero-order valence-electron chi connectivity index (χ0n) is 9.14. The highest BCUT2D eigenvalue weighted by atomic mass is 16.3. The Hall–Kier alpha value is -0.160. The third kappa shape index (κ3) is 4.91. The second-order valence-corrected chi connectivity index (χ2v) is 4.47. The zero-order chi connectivity index (χ0) is 11.4. The van der Waals surface area contributed by atoms with E-state index in [0.717, 1.165) is 0 Å². The molecule has 86 valence electrons. The third-order valence-corrected chi connectivity index (χ3v) is 2.50. The standard InChI is InChI=1S/C10H22O4/c1-7(6-11)8(12)4-5-9(13)10(2,3)14/h7-9,11-14H,4-6H2,1-3H3. The lowest BCUT2D eigenvalue weighted by molar-refractivity contribution is -0.0588. The smallest absolute Gasteiger partial charge is 0.0849 e. The Labute approximate surface area is 85.2 Å². The monoisotopic (exact) mass is 206 g/mol. The topological polar surface area (TPSA) is 80.9 Å². The van der Waals surface area contributed by atoms with Crippen molar-refractivity contribution in [1.82, 2.24) is 0 Å². The summed E-state index contributed by atoms with van der Waals surface area (Å²) in [6.07, 6.45) is -0.762. The molecule has 0 spiro atoms. The van der Waals surface area contributed by atoms with E-state index >= 15 is 0 Å². The van der Waals surface area contributed by atoms with Crippen LogP contribution in [-0.4, -0.2) is 44.8 Å². The number of hydrogen-bond donors (Lipinski definition) is 4. The maximum Gasteiger partial charge on any atom is 0.0849 e. The minimum absolute atomic E-state index is 0.0697. The lowest BCUT2D eigenvalue weighted by Gasteiger charge is -2.26. The van der Waals surface area contributed by atoms with Crippen molar-refractivity contribution >= 4 is 0 Å². The van der Waals surface area contributed by atoms with Gasteiger partial charge in [-0.1, -0.05) is 6.92 Å². The molecular weight excluding hydrogens is 184 g/mol. The zero-order valence-corrected chi connectivity index (χ0v) is 9.14. The first-order chi connectivity index (χ1) is 6.29. The van der Waals surface area contributed by atoms with Crippen molar-refractivity contribution in [3.8, 4) is 0 Å². The van der Waals surface area contributed by atoms with Crippen LogP contribution < -0.4 is 0 Å². The predicted octanol–water partition coefficient (Wildman–Crippen LogP) is -0.112. The van der Waals surface area contributed by atoms with Gasteiger partial charge in [0.25, 0.3) is 0 Å². The molecule has 0 aliphatic carbocycles. The minimum Gasteiger partial charge on any atom is -0.396 e. The molecule has 0 aliphatic rings. The van der Waals surface area contributed by atoms with E-state index in [1.807, 2.05) is 0 Å². The van der Waals surface area contributed by atoms with E-state index in [-0.39, 0.29) is 12.5 Å². The summed E-state index contributed by atoms with van der Waals surface area (Å²) in [5, 5.41) is 37.1. The summed E-state index contributed by atoms with van der Waals surface area (Å²) in [6, 6.07) is 0. The van der Waals surface area contributed by atoms with Crippen LogP contribution in [0.4, 0.5) is 0 Å². The largest absolute Gasteiger partial charge is 0.396 e. The molecule has 0 bridgehead atoms. The summed E-state index contributed by atoms with van der Waals surface area (Å²) in [5.41, 5.74) is -1.14. The van der Waals surface area contributed by atoms with Crippen LogP contribution in [0.25, 0.3) is 0 Å². The van der Waals surface area contributed by atoms with Crippen molar-refractivity contribution in [3.63, 3.8) is 0 Å². The lowest BCUT2D eigenvalue weighted by Crippen LogP contribution is -2.37. The number of rotatable bonds is 6. The highest BCUT2D eigenvalue weighted by Gasteiger charge is 2.25. The van der Waals surface area contributed by atoms with Crippen LogP contribution in [0.5, 0.6) is 0 Å². The molecule has 0 saturated heterocycles. The first-order valence-electron chi connectivity index (χ1n) is 4.98. The molecule has 0 aromatic rings. The summed E-state index contributed by atoms with van der Waals surface area (Å²) in [5.74, 6) is -0.191. The van der Waals surface area contributed by atoms with Crippen LogP contribution in [0.2, 0.25) is 0 Å². The van der Waals surface area contributed by atoms with Crippen molar-refractivity contribution < 1.29 is 20.4 Å². The van der Waals surface area contributed by atoms with Gasteiger partial charge in [0, 0.05) is 12.5 Å². The van der Waals surface area contributed by atoms with Crippen LogP contribution in [0.1, 0.15) is 33.6 Å². The molecule has 0 heterocycles. The summed E-state index contributed by atoms with van der Waals surface area (Å²) in [6.45, 7) is 4.72. The molecule has 0 radical (unpaired) electrons. The quantitative estimate of drug-likeness (QED) is 0.489. The Morgan fingerprint density at radius 3 is 2.00 bits per heavy atom. The van der Waals surface area contributed by atoms with Gasteiger partial charge in [-0.25, -0.2) is 0 Å². The van der Waals surface area contributed by atoms with E-state index in [9.17, 15) is 15.3 Å². The molecular formula is C10H22O4. The molecule has 4 heteroatoms. The summed E-state index contributed by atoms with van der Waals surface area (Å²) in [7, 11) is 0. The van der Waals surface area contributed by atoms with E-state index < -0.39 is 17.8 Å². The van der Waals surface area contributed by atoms with Gasteiger partial charge < -0.3 is 20.4 Å². The van der Waals surface area contributed by atoms with Crippen LogP contribution in [0.3, 0.4) is 0 Å². The van der Waals surface area contributed by atoms with E-state index in [2.05, 4.69) is 0 Å². The molecule has 4 N–H and O–H groups in total. The van der Waals surface area contributed by atoms with Gasteiger partial charge in [0.15, 0.2) is 0 Å². The van der Waals surface area contributed by atoms with Gasteiger partial charge in [0.05, 0.1) is 17.8 Å². The van der Waals surface area contributed by atoms with Crippen LogP contribution in [-0.2, 0) is 0 Å². The fraction of sp³-hybridized carbons (Fsp3) is 1.00. The second kappa shape index (κ2) is 5.66. The van der Waals surface area contributed by atoms with Gasteiger partial charge in [0.1, 0.15) is 0 Å². The maximum atomic E-state index is 9.48. The van der Waals surface area contributed by atoms with Crippen molar-refractivity contribution in [2.45, 2.75) is 51.4 Å². The van der Waals surface area contributed by atoms with Gasteiger partial charge in [-0.3, -0.25) is 0 Å². The van der Waals surface area contributed by atoms with Gasteiger partial charge in [-0.15, -0.1) is 0 Å². The Kier molecular flexibility index (Phi) is 5.59. The van der Waals surface area contributed by atoms with Gasteiger partial charge in [0.2, 0.25) is 0 Å². The SMILES string of the molecule is CC(CO)C(O)CCC(O)C(C)(C)O. The van der Waals surface area contributed by atoms with Crippen molar-refractivity contribution in [2.24, 2.45) is 5.92 Å². The van der Waals surface area contributed by atoms with Gasteiger partial charge in [-0.2, -0.15) is 0 Å². The average molecular weight is 206 g/mol. The summed E-state index contributed by atoms with van der Waals surface area (Å²) >= 11 is 0. The minimum atomic E-state index is -1.14. The highest BCUT2D eigenvalue weighted by Crippen LogP contribution is 2.17. The van der Waals surface area contributed by atoms with Gasteiger partial charge >= 0.3 is 0 Å². The first-order valence-corrected chi connectivity index (χ1v) is 4.98. The molecule has 0 fully saturated rings. The molecule has 14 heavy (non-hydrogen) atoms. The lowest BCUT2D eigenvalue weighted by atomic mass is 9.93. The van der Waals surface area contributed by atoms with Crippen LogP contribution in [0.15, 0.2) is 0 Å². The number of aliphatic hydroxyl groups is 4. The Balaban J connectivity index is 3.83. The molecule has 3 unspecified atom stereocenters. The van der Waals surface area contributed by atoms with E-state index in [4.69, 9.17) is 5.11 Å². The second-order valence-electron chi connectivity index (χ2n) is 4.47. The fourth-order valence-corrected chi connectivity index (χ4v) is 1.09. The van der Waals surface area contributed by atoms with E-state index in [0.29, 0.717) is 12.8 Å². The highest BCUT2D eigenvalue weighted by molar-refractivity contribution is 4.77. The molecule has 0 aromatic heterocycles. The molecule has 0 amide bonds. The summed E-state index contributed by atoms with van der Waals surface area (Å²) in [4.78, 5) is 0. The Morgan fingerprint density at radius 2 is 1.64 bits per heavy atom. The average Bonchev–Trinajstić information content (AvgIpc) is 2.10. The third-order valence-electron chi connectivity index (χ3n) is 2.50. The Morgan fingerprint density at radius 1 is 1.14 bits per heavy atom. The molecule has 4 nitrogen and oxygen atoms in total. The first kappa shape index (κ1) is 13.8. The number of aliphatic hydroxyl groups excluding tert-OH is 3. The fourth-order valence-electron chi connectivity index (χ4n) is 1.09. The normalized spacial score (nSPS) is 19.1. The molecule has 0 aliphatic heterocycles. The van der Waals surface area contributed by atoms with Gasteiger partial charge in [-0.05, 0) is 26.7 Å². The van der Waals surface area contributed by atoms with Crippen molar-refractivity contribution in [3.05, 3.63) is 0 Å². The number of hydrogen-bond acceptors (Lipinski definition) is 4. The molecule has 0 rings (SSSR count). The van der Waals surface area contributed by atoms with E-state index in [1.54, 1.807) is 6.92 Å².